The molecule has 108 valence electrons. The minimum atomic E-state index is -0.522. The summed E-state index contributed by atoms with van der Waals surface area (Å²) >= 11 is 6.60. The Bertz CT molecular complexity index is 712. The number of hydrogen-bond donors (Lipinski definition) is 1. The summed E-state index contributed by atoms with van der Waals surface area (Å²) in [4.78, 5) is 22.7. The molecule has 1 amide bonds. The van der Waals surface area contributed by atoms with Crippen LogP contribution in [-0.4, -0.2) is 10.8 Å². The van der Waals surface area contributed by atoms with E-state index < -0.39 is 10.8 Å². The van der Waals surface area contributed by atoms with Crippen LogP contribution < -0.4 is 5.32 Å². The Kier molecular flexibility index (Phi) is 4.74. The fourth-order valence-electron chi connectivity index (χ4n) is 1.79. The fourth-order valence-corrected chi connectivity index (χ4v) is 3.08. The van der Waals surface area contributed by atoms with Crippen molar-refractivity contribution in [1.82, 2.24) is 0 Å². The van der Waals surface area contributed by atoms with E-state index in [9.17, 15) is 14.9 Å². The third-order valence-electron chi connectivity index (χ3n) is 2.72. The Balaban J connectivity index is 2.35. The van der Waals surface area contributed by atoms with Crippen molar-refractivity contribution in [2.75, 3.05) is 5.32 Å². The predicted octanol–water partition coefficient (Wildman–Crippen LogP) is 4.68. The number of aryl methyl sites for hydroxylation is 1. The second-order valence-corrected chi connectivity index (χ2v) is 6.22. The van der Waals surface area contributed by atoms with E-state index in [1.165, 1.54) is 6.07 Å². The molecule has 0 saturated carbocycles. The van der Waals surface area contributed by atoms with Gasteiger partial charge in [0.2, 0.25) is 0 Å². The summed E-state index contributed by atoms with van der Waals surface area (Å²) in [6, 6.07) is 9.66. The number of hydrogen-bond acceptors (Lipinski definition) is 3. The van der Waals surface area contributed by atoms with E-state index in [0.29, 0.717) is 5.56 Å². The van der Waals surface area contributed by atoms with E-state index in [2.05, 4.69) is 37.2 Å². The van der Waals surface area contributed by atoms with E-state index in [1.807, 2.05) is 0 Å². The summed E-state index contributed by atoms with van der Waals surface area (Å²) in [5.41, 5.74) is 1.27. The van der Waals surface area contributed by atoms with Crippen molar-refractivity contribution in [2.45, 2.75) is 6.92 Å². The molecule has 0 bridgehead atoms. The number of carbonyl (C=O) groups excluding carboxylic acids is 1. The van der Waals surface area contributed by atoms with Crippen LogP contribution >= 0.6 is 31.9 Å². The maximum atomic E-state index is 12.2. The molecule has 0 fully saturated rings. The van der Waals surface area contributed by atoms with Crippen molar-refractivity contribution < 1.29 is 9.72 Å². The second-order valence-electron chi connectivity index (χ2n) is 4.39. The van der Waals surface area contributed by atoms with Gasteiger partial charge in [-0.05, 0) is 36.8 Å². The molecule has 0 aliphatic heterocycles. The first-order valence-corrected chi connectivity index (χ1v) is 7.48. The lowest BCUT2D eigenvalue weighted by Crippen LogP contribution is -2.13. The van der Waals surface area contributed by atoms with Gasteiger partial charge in [-0.1, -0.05) is 37.9 Å². The van der Waals surface area contributed by atoms with Crippen LogP contribution in [0.3, 0.4) is 0 Å². The molecule has 0 aromatic heterocycles. The molecule has 0 saturated heterocycles. The van der Waals surface area contributed by atoms with Crippen LogP contribution in [0.2, 0.25) is 0 Å². The largest absolute Gasteiger partial charge is 0.316 e. The summed E-state index contributed by atoms with van der Waals surface area (Å²) in [6.45, 7) is 1.80. The molecule has 0 radical (unpaired) electrons. The lowest BCUT2D eigenvalue weighted by atomic mass is 10.1. The minimum absolute atomic E-state index is 0.136. The first kappa shape index (κ1) is 15.7. The molecule has 0 aliphatic rings. The number of nitrogens with one attached hydrogen (secondary N) is 1. The van der Waals surface area contributed by atoms with Crippen LogP contribution in [0.1, 0.15) is 15.9 Å². The third-order valence-corrected chi connectivity index (χ3v) is 3.64. The highest BCUT2D eigenvalue weighted by atomic mass is 79.9. The molecular formula is C14H10Br2N2O3. The molecule has 2 aromatic rings. The Morgan fingerprint density at radius 3 is 2.33 bits per heavy atom. The molecule has 0 spiro atoms. The van der Waals surface area contributed by atoms with Crippen molar-refractivity contribution in [3.63, 3.8) is 0 Å². The maximum absolute atomic E-state index is 12.2. The zero-order valence-electron chi connectivity index (χ0n) is 10.9. The Morgan fingerprint density at radius 2 is 1.76 bits per heavy atom. The molecular weight excluding hydrogens is 404 g/mol. The van der Waals surface area contributed by atoms with Gasteiger partial charge in [0.25, 0.3) is 11.6 Å². The summed E-state index contributed by atoms with van der Waals surface area (Å²) < 4.78 is 1.47. The third kappa shape index (κ3) is 3.89. The molecule has 0 unspecified atom stereocenters. The number of anilines is 1. The SMILES string of the molecule is Cc1ccc([N+](=O)[O-])c(NC(=O)c2cc(Br)cc(Br)c2)c1. The number of benzene rings is 2. The highest BCUT2D eigenvalue weighted by Crippen LogP contribution is 2.27. The Labute approximate surface area is 137 Å². The van der Waals surface area contributed by atoms with Gasteiger partial charge in [0.05, 0.1) is 4.92 Å². The van der Waals surface area contributed by atoms with Crippen molar-refractivity contribution in [3.8, 4) is 0 Å². The average molecular weight is 414 g/mol. The zero-order chi connectivity index (χ0) is 15.6. The van der Waals surface area contributed by atoms with Crippen LogP contribution in [-0.2, 0) is 0 Å². The zero-order valence-corrected chi connectivity index (χ0v) is 14.1. The van der Waals surface area contributed by atoms with Crippen LogP contribution in [0, 0.1) is 17.0 Å². The number of rotatable bonds is 3. The van der Waals surface area contributed by atoms with Crippen molar-refractivity contribution in [1.29, 1.82) is 0 Å². The topological polar surface area (TPSA) is 72.2 Å². The average Bonchev–Trinajstić information content (AvgIpc) is 2.37. The van der Waals surface area contributed by atoms with Gasteiger partial charge in [-0.15, -0.1) is 0 Å². The summed E-state index contributed by atoms with van der Waals surface area (Å²) in [7, 11) is 0. The normalized spacial score (nSPS) is 10.2. The van der Waals surface area contributed by atoms with Gasteiger partial charge in [-0.3, -0.25) is 14.9 Å². The van der Waals surface area contributed by atoms with Crippen LogP contribution in [0.4, 0.5) is 11.4 Å². The number of amides is 1. The summed E-state index contributed by atoms with van der Waals surface area (Å²) in [6.07, 6.45) is 0. The standard InChI is InChI=1S/C14H10Br2N2O3/c1-8-2-3-13(18(20)21)12(4-8)17-14(19)9-5-10(15)7-11(16)6-9/h2-7H,1H3,(H,17,19). The lowest BCUT2D eigenvalue weighted by molar-refractivity contribution is -0.383. The van der Waals surface area contributed by atoms with Crippen LogP contribution in [0.25, 0.3) is 0 Å². The number of nitrogens with zero attached hydrogens (tertiary/aromatic N) is 1. The quantitative estimate of drug-likeness (QED) is 0.586. The number of nitro benzene ring substituents is 1. The number of carbonyl (C=O) groups is 1. The van der Waals surface area contributed by atoms with Crippen molar-refractivity contribution in [2.24, 2.45) is 0 Å². The predicted molar refractivity (Wildman–Crippen MR) is 87.6 cm³/mol. The first-order valence-electron chi connectivity index (χ1n) is 5.89. The summed E-state index contributed by atoms with van der Waals surface area (Å²) in [5.74, 6) is -0.411. The molecule has 7 heteroatoms. The van der Waals surface area contributed by atoms with E-state index in [0.717, 1.165) is 14.5 Å². The molecule has 0 aliphatic carbocycles. The molecule has 5 nitrogen and oxygen atoms in total. The molecule has 0 atom stereocenters. The molecule has 0 heterocycles. The van der Waals surface area contributed by atoms with Crippen LogP contribution in [0.15, 0.2) is 45.3 Å². The molecule has 2 aromatic carbocycles. The van der Waals surface area contributed by atoms with E-state index in [1.54, 1.807) is 37.3 Å². The van der Waals surface area contributed by atoms with Gasteiger partial charge in [-0.25, -0.2) is 0 Å². The highest BCUT2D eigenvalue weighted by Gasteiger charge is 2.17. The monoisotopic (exact) mass is 412 g/mol. The molecule has 1 N–H and O–H groups in total. The first-order chi connectivity index (χ1) is 9.86. The second kappa shape index (κ2) is 6.36. The van der Waals surface area contributed by atoms with Gasteiger partial charge < -0.3 is 5.32 Å². The number of halogens is 2. The van der Waals surface area contributed by atoms with E-state index >= 15 is 0 Å². The Morgan fingerprint density at radius 1 is 1.14 bits per heavy atom. The fraction of sp³-hybridized carbons (Fsp3) is 0.0714. The Hall–Kier alpha value is -1.73. The molecule has 21 heavy (non-hydrogen) atoms. The van der Waals surface area contributed by atoms with Crippen molar-refractivity contribution in [3.05, 3.63) is 66.6 Å². The van der Waals surface area contributed by atoms with Gasteiger partial charge in [0.15, 0.2) is 0 Å². The van der Waals surface area contributed by atoms with Crippen LogP contribution in [0.5, 0.6) is 0 Å². The van der Waals surface area contributed by atoms with Gasteiger partial charge in [0, 0.05) is 20.6 Å². The highest BCUT2D eigenvalue weighted by molar-refractivity contribution is 9.11. The summed E-state index contributed by atoms with van der Waals surface area (Å²) in [5, 5.41) is 13.6. The van der Waals surface area contributed by atoms with Crippen molar-refractivity contribution >= 4 is 49.1 Å². The number of nitro groups is 1. The molecule has 2 rings (SSSR count). The minimum Gasteiger partial charge on any atom is -0.316 e. The lowest BCUT2D eigenvalue weighted by Gasteiger charge is -2.08. The van der Waals surface area contributed by atoms with Gasteiger partial charge >= 0.3 is 0 Å². The maximum Gasteiger partial charge on any atom is 0.292 e. The van der Waals surface area contributed by atoms with E-state index in [4.69, 9.17) is 0 Å². The smallest absolute Gasteiger partial charge is 0.292 e. The van der Waals surface area contributed by atoms with Gasteiger partial charge in [0.1, 0.15) is 5.69 Å². The van der Waals surface area contributed by atoms with Gasteiger partial charge in [-0.2, -0.15) is 0 Å². The van der Waals surface area contributed by atoms with E-state index in [-0.39, 0.29) is 11.4 Å².